The highest BCUT2D eigenvalue weighted by Crippen LogP contribution is 2.53. The van der Waals surface area contributed by atoms with E-state index < -0.39 is 5.41 Å². The average molecular weight is 173 g/mol. The summed E-state index contributed by atoms with van der Waals surface area (Å²) in [5.41, 5.74) is 0.646. The maximum atomic E-state index is 9.05. The van der Waals surface area contributed by atoms with Gasteiger partial charge in [-0.3, -0.25) is 0 Å². The summed E-state index contributed by atoms with van der Waals surface area (Å²) in [7, 11) is 0. The Kier molecular flexibility index (Phi) is 1.82. The number of rotatable bonds is 2. The first-order valence-corrected chi connectivity index (χ1v) is 4.41. The van der Waals surface area contributed by atoms with Crippen molar-refractivity contribution in [2.24, 2.45) is 5.92 Å². The normalized spacial score (nSPS) is 30.9. The van der Waals surface area contributed by atoms with Crippen LogP contribution in [-0.4, -0.2) is 11.7 Å². The van der Waals surface area contributed by atoms with Crippen molar-refractivity contribution >= 4 is 0 Å². The Morgan fingerprint density at radius 2 is 2.15 bits per heavy atom. The van der Waals surface area contributed by atoms with Gasteiger partial charge in [-0.15, -0.1) is 0 Å². The zero-order chi connectivity index (χ0) is 9.31. The van der Waals surface area contributed by atoms with Gasteiger partial charge in [0.1, 0.15) is 0 Å². The Hall–Kier alpha value is -1.33. The first kappa shape index (κ1) is 8.28. The first-order valence-electron chi connectivity index (χ1n) is 4.41. The molecule has 66 valence electrons. The second kappa shape index (κ2) is 2.86. The number of hydrogen-bond acceptors (Lipinski definition) is 2. The maximum Gasteiger partial charge on any atom is 0.0877 e. The summed E-state index contributed by atoms with van der Waals surface area (Å²) in [5.74, 6) is 0.139. The highest BCUT2D eigenvalue weighted by molar-refractivity contribution is 5.41. The van der Waals surface area contributed by atoms with Gasteiger partial charge in [-0.25, -0.2) is 0 Å². The van der Waals surface area contributed by atoms with Gasteiger partial charge in [-0.2, -0.15) is 5.26 Å². The van der Waals surface area contributed by atoms with Crippen LogP contribution in [0.15, 0.2) is 30.3 Å². The Morgan fingerprint density at radius 1 is 1.46 bits per heavy atom. The van der Waals surface area contributed by atoms with E-state index in [4.69, 9.17) is 10.4 Å². The smallest absolute Gasteiger partial charge is 0.0877 e. The van der Waals surface area contributed by atoms with Crippen LogP contribution in [0, 0.1) is 17.2 Å². The largest absolute Gasteiger partial charge is 0.396 e. The quantitative estimate of drug-likeness (QED) is 0.735. The molecule has 0 heterocycles. The summed E-state index contributed by atoms with van der Waals surface area (Å²) in [6.07, 6.45) is 0.796. The van der Waals surface area contributed by atoms with E-state index in [2.05, 4.69) is 6.07 Å². The Balaban J connectivity index is 2.32. The topological polar surface area (TPSA) is 44.0 Å². The lowest BCUT2D eigenvalue weighted by Crippen LogP contribution is -2.08. The summed E-state index contributed by atoms with van der Waals surface area (Å²) in [6.45, 7) is 0.114. The van der Waals surface area contributed by atoms with E-state index in [1.54, 1.807) is 0 Å². The van der Waals surface area contributed by atoms with E-state index in [1.165, 1.54) is 0 Å². The zero-order valence-electron chi connectivity index (χ0n) is 7.27. The third-order valence-electron chi connectivity index (χ3n) is 2.81. The molecule has 2 nitrogen and oxygen atoms in total. The molecule has 2 atom stereocenters. The summed E-state index contributed by atoms with van der Waals surface area (Å²) < 4.78 is 0. The first-order chi connectivity index (χ1) is 6.33. The van der Waals surface area contributed by atoms with Crippen LogP contribution in [0.1, 0.15) is 12.0 Å². The van der Waals surface area contributed by atoms with E-state index in [9.17, 15) is 0 Å². The van der Waals surface area contributed by atoms with Crippen LogP contribution in [-0.2, 0) is 5.41 Å². The molecule has 0 radical (unpaired) electrons. The van der Waals surface area contributed by atoms with Crippen molar-refractivity contribution < 1.29 is 5.11 Å². The van der Waals surface area contributed by atoms with E-state index in [0.717, 1.165) is 12.0 Å². The van der Waals surface area contributed by atoms with Gasteiger partial charge in [0, 0.05) is 12.5 Å². The number of aliphatic hydroxyl groups excluding tert-OH is 1. The Morgan fingerprint density at radius 3 is 2.62 bits per heavy atom. The number of hydrogen-bond donors (Lipinski definition) is 1. The minimum Gasteiger partial charge on any atom is -0.396 e. The third-order valence-corrected chi connectivity index (χ3v) is 2.81. The molecule has 1 N–H and O–H groups in total. The van der Waals surface area contributed by atoms with Gasteiger partial charge in [-0.1, -0.05) is 30.3 Å². The van der Waals surface area contributed by atoms with Gasteiger partial charge in [0.05, 0.1) is 11.5 Å². The maximum absolute atomic E-state index is 9.05. The molecule has 1 aliphatic carbocycles. The monoisotopic (exact) mass is 173 g/mol. The molecular formula is C11H11NO. The van der Waals surface area contributed by atoms with Crippen molar-refractivity contribution in [3.8, 4) is 6.07 Å². The molecule has 0 aliphatic heterocycles. The number of nitrogens with zero attached hydrogens (tertiary/aromatic N) is 1. The molecule has 13 heavy (non-hydrogen) atoms. The highest BCUT2D eigenvalue weighted by Gasteiger charge is 2.55. The van der Waals surface area contributed by atoms with E-state index in [0.29, 0.717) is 0 Å². The summed E-state index contributed by atoms with van der Waals surface area (Å²) >= 11 is 0. The predicted molar refractivity (Wildman–Crippen MR) is 48.9 cm³/mol. The standard InChI is InChI=1S/C11H11NO/c12-8-11(6-10(11)7-13)9-4-2-1-3-5-9/h1-5,10,13H,6-7H2/t10?,11-/m1/s1. The van der Waals surface area contributed by atoms with E-state index in [-0.39, 0.29) is 12.5 Å². The van der Waals surface area contributed by atoms with Gasteiger partial charge in [0.2, 0.25) is 0 Å². The van der Waals surface area contributed by atoms with Gasteiger partial charge >= 0.3 is 0 Å². The molecule has 0 amide bonds. The van der Waals surface area contributed by atoms with Crippen molar-refractivity contribution in [2.45, 2.75) is 11.8 Å². The van der Waals surface area contributed by atoms with E-state index >= 15 is 0 Å². The number of aliphatic hydroxyl groups is 1. The fourth-order valence-electron chi connectivity index (χ4n) is 1.84. The lowest BCUT2D eigenvalue weighted by molar-refractivity contribution is 0.269. The van der Waals surface area contributed by atoms with Crippen molar-refractivity contribution in [3.63, 3.8) is 0 Å². The van der Waals surface area contributed by atoms with Gasteiger partial charge in [0.15, 0.2) is 0 Å². The molecule has 0 bridgehead atoms. The molecule has 1 aromatic rings. The molecule has 1 saturated carbocycles. The Bertz CT molecular complexity index is 341. The minimum absolute atomic E-state index is 0.114. The van der Waals surface area contributed by atoms with Crippen LogP contribution in [0.25, 0.3) is 0 Å². The lowest BCUT2D eigenvalue weighted by Gasteiger charge is -2.06. The predicted octanol–water partition coefficient (Wildman–Crippen LogP) is 1.46. The van der Waals surface area contributed by atoms with Gasteiger partial charge < -0.3 is 5.11 Å². The molecule has 0 spiro atoms. The van der Waals surface area contributed by atoms with Crippen molar-refractivity contribution in [2.75, 3.05) is 6.61 Å². The Labute approximate surface area is 77.4 Å². The minimum atomic E-state index is -0.393. The third kappa shape index (κ3) is 1.13. The molecule has 2 heteroatoms. The van der Waals surface area contributed by atoms with Gasteiger partial charge in [0.25, 0.3) is 0 Å². The second-order valence-corrected chi connectivity index (χ2v) is 3.53. The molecule has 2 rings (SSSR count). The molecule has 1 fully saturated rings. The zero-order valence-corrected chi connectivity index (χ0v) is 7.27. The highest BCUT2D eigenvalue weighted by atomic mass is 16.3. The van der Waals surface area contributed by atoms with Crippen LogP contribution >= 0.6 is 0 Å². The number of benzene rings is 1. The second-order valence-electron chi connectivity index (χ2n) is 3.53. The molecule has 0 aromatic heterocycles. The summed E-state index contributed by atoms with van der Waals surface area (Å²) in [6, 6.07) is 12.0. The lowest BCUT2D eigenvalue weighted by atomic mass is 9.95. The average Bonchev–Trinajstić information content (AvgIpc) is 2.94. The molecule has 1 aromatic carbocycles. The van der Waals surface area contributed by atoms with Crippen LogP contribution in [0.3, 0.4) is 0 Å². The van der Waals surface area contributed by atoms with Crippen LogP contribution in [0.4, 0.5) is 0 Å². The van der Waals surface area contributed by atoms with Crippen LogP contribution in [0.2, 0.25) is 0 Å². The molecular weight excluding hydrogens is 162 g/mol. The van der Waals surface area contributed by atoms with Crippen molar-refractivity contribution in [3.05, 3.63) is 35.9 Å². The summed E-state index contributed by atoms with van der Waals surface area (Å²) in [5, 5.41) is 18.0. The van der Waals surface area contributed by atoms with E-state index in [1.807, 2.05) is 30.3 Å². The fourth-order valence-corrected chi connectivity index (χ4v) is 1.84. The van der Waals surface area contributed by atoms with Crippen LogP contribution in [0.5, 0.6) is 0 Å². The fraction of sp³-hybridized carbons (Fsp3) is 0.364. The molecule has 1 aliphatic rings. The van der Waals surface area contributed by atoms with Crippen molar-refractivity contribution in [1.82, 2.24) is 0 Å². The molecule has 0 saturated heterocycles. The van der Waals surface area contributed by atoms with Crippen molar-refractivity contribution in [1.29, 1.82) is 5.26 Å². The van der Waals surface area contributed by atoms with Gasteiger partial charge in [-0.05, 0) is 12.0 Å². The van der Waals surface area contributed by atoms with Crippen LogP contribution < -0.4 is 0 Å². The summed E-state index contributed by atoms with van der Waals surface area (Å²) in [4.78, 5) is 0. The molecule has 1 unspecified atom stereocenters. The number of nitriles is 1. The SMILES string of the molecule is N#C[C@@]1(c2ccccc2)CC1CO.